The van der Waals surface area contributed by atoms with E-state index in [0.29, 0.717) is 0 Å². The fourth-order valence-electron chi connectivity index (χ4n) is 0.418. The van der Waals surface area contributed by atoms with Gasteiger partial charge < -0.3 is 5.73 Å². The van der Waals surface area contributed by atoms with E-state index in [0.717, 1.165) is 6.07 Å². The molecule has 0 aliphatic carbocycles. The van der Waals surface area contributed by atoms with Crippen LogP contribution >= 0.6 is 24.0 Å². The average Bonchev–Trinajstić information content (AvgIpc) is 1.80. The molecule has 2 N–H and O–H groups in total. The van der Waals surface area contributed by atoms with Crippen molar-refractivity contribution in [2.75, 3.05) is 5.73 Å². The summed E-state index contributed by atoms with van der Waals surface area (Å²) in [7, 11) is 0. The smallest absolute Gasteiger partial charge is 0.150 e. The van der Waals surface area contributed by atoms with Crippen molar-refractivity contribution in [1.82, 2.24) is 4.98 Å². The molecular weight excluding hydrogens is 178 g/mol. The Morgan fingerprint density at radius 3 is 2.60 bits per heavy atom. The highest BCUT2D eigenvalue weighted by Gasteiger charge is 1.96. The Kier molecular flexibility index (Phi) is 3.39. The molecule has 0 spiro atoms. The van der Waals surface area contributed by atoms with Gasteiger partial charge in [0.2, 0.25) is 0 Å². The van der Waals surface area contributed by atoms with E-state index in [4.69, 9.17) is 17.3 Å². The van der Waals surface area contributed by atoms with E-state index in [-0.39, 0.29) is 23.2 Å². The van der Waals surface area contributed by atoms with E-state index in [9.17, 15) is 4.39 Å². The minimum absolute atomic E-state index is 0. The summed E-state index contributed by atoms with van der Waals surface area (Å²) in [6.07, 6.45) is 1.18. The summed E-state index contributed by atoms with van der Waals surface area (Å²) in [6.45, 7) is 0. The molecule has 0 unspecified atom stereocenters. The van der Waals surface area contributed by atoms with Gasteiger partial charge in [-0.05, 0) is 0 Å². The minimum atomic E-state index is -0.532. The number of nitrogen functional groups attached to an aromatic ring is 1. The van der Waals surface area contributed by atoms with Gasteiger partial charge in [0.15, 0.2) is 5.82 Å². The predicted molar refractivity (Wildman–Crippen MR) is 40.9 cm³/mol. The number of nitrogens with two attached hydrogens (primary N) is 1. The second-order valence-electron chi connectivity index (χ2n) is 1.53. The molecule has 0 atom stereocenters. The lowest BCUT2D eigenvalue weighted by Crippen LogP contribution is -1.90. The van der Waals surface area contributed by atoms with E-state index < -0.39 is 5.82 Å². The van der Waals surface area contributed by atoms with Gasteiger partial charge in [-0.15, -0.1) is 12.4 Å². The Balaban J connectivity index is 0.000000810. The van der Waals surface area contributed by atoms with Crippen molar-refractivity contribution in [3.8, 4) is 0 Å². The lowest BCUT2D eigenvalue weighted by molar-refractivity contribution is 0.630. The maximum absolute atomic E-state index is 12.3. The number of rotatable bonds is 0. The highest BCUT2D eigenvalue weighted by atomic mass is 35.5. The fourth-order valence-corrected chi connectivity index (χ4v) is 0.563. The Hall–Kier alpha value is -0.540. The van der Waals surface area contributed by atoms with Crippen molar-refractivity contribution in [3.63, 3.8) is 0 Å². The van der Waals surface area contributed by atoms with Crippen molar-refractivity contribution in [2.24, 2.45) is 0 Å². The molecule has 0 fully saturated rings. The maximum atomic E-state index is 12.3. The van der Waals surface area contributed by atoms with Crippen molar-refractivity contribution in [2.45, 2.75) is 0 Å². The van der Waals surface area contributed by atoms with E-state index in [2.05, 4.69) is 4.98 Å². The number of aromatic nitrogens is 1. The van der Waals surface area contributed by atoms with Gasteiger partial charge in [0.25, 0.3) is 0 Å². The number of pyridine rings is 1. The number of hydrogen-bond donors (Lipinski definition) is 1. The number of hydrogen-bond acceptors (Lipinski definition) is 2. The summed E-state index contributed by atoms with van der Waals surface area (Å²) in [5, 5.41) is 0.113. The summed E-state index contributed by atoms with van der Waals surface area (Å²) in [5.41, 5.74) is 5.11. The first-order chi connectivity index (χ1) is 4.20. The van der Waals surface area contributed by atoms with Gasteiger partial charge in [-0.1, -0.05) is 11.6 Å². The van der Waals surface area contributed by atoms with Crippen molar-refractivity contribution < 1.29 is 4.39 Å². The van der Waals surface area contributed by atoms with Gasteiger partial charge in [0.1, 0.15) is 5.15 Å². The molecule has 2 nitrogen and oxygen atoms in total. The molecule has 0 aliphatic rings. The van der Waals surface area contributed by atoms with Crippen LogP contribution in [0.3, 0.4) is 0 Å². The van der Waals surface area contributed by atoms with Crippen LogP contribution in [0.2, 0.25) is 5.15 Å². The van der Waals surface area contributed by atoms with Crippen molar-refractivity contribution in [3.05, 3.63) is 23.2 Å². The number of anilines is 1. The third kappa shape index (κ3) is 2.01. The van der Waals surface area contributed by atoms with Gasteiger partial charge >= 0.3 is 0 Å². The topological polar surface area (TPSA) is 38.9 Å². The largest absolute Gasteiger partial charge is 0.395 e. The number of nitrogens with zero attached hydrogens (tertiary/aromatic N) is 1. The summed E-state index contributed by atoms with van der Waals surface area (Å²) in [6, 6.07) is 1.07. The zero-order valence-corrected chi connectivity index (χ0v) is 6.42. The molecule has 56 valence electrons. The third-order valence-electron chi connectivity index (χ3n) is 0.849. The first-order valence-electron chi connectivity index (χ1n) is 2.26. The lowest BCUT2D eigenvalue weighted by Gasteiger charge is -1.92. The predicted octanol–water partition coefficient (Wildman–Crippen LogP) is 1.88. The monoisotopic (exact) mass is 182 g/mol. The molecule has 0 aliphatic heterocycles. The molecule has 1 aromatic heterocycles. The molecule has 10 heavy (non-hydrogen) atoms. The quantitative estimate of drug-likeness (QED) is 0.623. The van der Waals surface area contributed by atoms with Gasteiger partial charge in [-0.2, -0.15) is 0 Å². The molecule has 1 heterocycles. The number of halogens is 3. The van der Waals surface area contributed by atoms with E-state index >= 15 is 0 Å². The molecule has 5 heteroatoms. The molecule has 1 rings (SSSR count). The second-order valence-corrected chi connectivity index (χ2v) is 1.92. The van der Waals surface area contributed by atoms with Gasteiger partial charge in [-0.25, -0.2) is 9.37 Å². The van der Waals surface area contributed by atoms with E-state index in [1.165, 1.54) is 6.20 Å². The molecule has 0 radical (unpaired) electrons. The standard InChI is InChI=1S/C5H4ClFN2.ClH/c6-5-1-3(7)4(8)2-9-5;/h1-2H,8H2;1H. The van der Waals surface area contributed by atoms with Gasteiger partial charge in [0.05, 0.1) is 11.9 Å². The second kappa shape index (κ2) is 3.58. The Morgan fingerprint density at radius 1 is 1.60 bits per heavy atom. The summed E-state index contributed by atoms with van der Waals surface area (Å²) < 4.78 is 12.3. The van der Waals surface area contributed by atoms with Crippen LogP contribution in [0.15, 0.2) is 12.3 Å². The van der Waals surface area contributed by atoms with E-state index in [1.54, 1.807) is 0 Å². The van der Waals surface area contributed by atoms with Crippen LogP contribution in [-0.4, -0.2) is 4.98 Å². The summed E-state index contributed by atoms with van der Waals surface area (Å²) in [4.78, 5) is 3.54. The highest BCUT2D eigenvalue weighted by Crippen LogP contribution is 2.11. The van der Waals surface area contributed by atoms with Crippen LogP contribution < -0.4 is 5.73 Å². The van der Waals surface area contributed by atoms with Crippen LogP contribution in [0.5, 0.6) is 0 Å². The molecule has 0 bridgehead atoms. The molecule has 0 aromatic carbocycles. The maximum Gasteiger partial charge on any atom is 0.150 e. The third-order valence-corrected chi connectivity index (χ3v) is 1.06. The zero-order chi connectivity index (χ0) is 6.85. The van der Waals surface area contributed by atoms with Crippen LogP contribution in [0, 0.1) is 5.82 Å². The molecule has 0 saturated carbocycles. The molecular formula is C5H5Cl2FN2. The van der Waals surface area contributed by atoms with E-state index in [1.807, 2.05) is 0 Å². The Labute approximate surface area is 68.6 Å². The Morgan fingerprint density at radius 2 is 2.20 bits per heavy atom. The van der Waals surface area contributed by atoms with Crippen molar-refractivity contribution in [1.29, 1.82) is 0 Å². The average molecular weight is 183 g/mol. The van der Waals surface area contributed by atoms with Crippen LogP contribution in [0.4, 0.5) is 10.1 Å². The minimum Gasteiger partial charge on any atom is -0.395 e. The van der Waals surface area contributed by atoms with Crippen LogP contribution in [0.25, 0.3) is 0 Å². The SMILES string of the molecule is Cl.Nc1cnc(Cl)cc1F. The molecule has 0 amide bonds. The molecule has 0 saturated heterocycles. The lowest BCUT2D eigenvalue weighted by atomic mass is 10.4. The normalized spacial score (nSPS) is 8.60. The van der Waals surface area contributed by atoms with Crippen molar-refractivity contribution >= 4 is 29.7 Å². The molecule has 1 aromatic rings. The van der Waals surface area contributed by atoms with Gasteiger partial charge in [0, 0.05) is 6.07 Å². The van der Waals surface area contributed by atoms with Crippen LogP contribution in [-0.2, 0) is 0 Å². The first kappa shape index (κ1) is 9.46. The van der Waals surface area contributed by atoms with Gasteiger partial charge in [-0.3, -0.25) is 0 Å². The summed E-state index contributed by atoms with van der Waals surface area (Å²) >= 11 is 5.31. The zero-order valence-electron chi connectivity index (χ0n) is 4.84. The summed E-state index contributed by atoms with van der Waals surface area (Å²) in [5.74, 6) is -0.532. The first-order valence-corrected chi connectivity index (χ1v) is 2.64. The fraction of sp³-hybridized carbons (Fsp3) is 0. The Bertz CT molecular complexity index is 229. The van der Waals surface area contributed by atoms with Crippen LogP contribution in [0.1, 0.15) is 0 Å². The highest BCUT2D eigenvalue weighted by molar-refractivity contribution is 6.29.